The minimum Gasteiger partial charge on any atom is -0.390 e. The van der Waals surface area contributed by atoms with Crippen molar-refractivity contribution in [3.8, 4) is 0 Å². The Morgan fingerprint density at radius 3 is 2.71 bits per heavy atom. The number of aliphatic hydroxyl groups is 1. The predicted molar refractivity (Wildman–Crippen MR) is 115 cm³/mol. The summed E-state index contributed by atoms with van der Waals surface area (Å²) in [5.74, 6) is 3.24. The van der Waals surface area contributed by atoms with Crippen LogP contribution in [0.25, 0.3) is 5.57 Å². The molecule has 5 unspecified atom stereocenters. The van der Waals surface area contributed by atoms with Crippen LogP contribution in [0.1, 0.15) is 84.1 Å². The Labute approximate surface area is 170 Å². The first kappa shape index (κ1) is 18.9. The third-order valence-corrected chi connectivity index (χ3v) is 10.0. The van der Waals surface area contributed by atoms with E-state index in [1.54, 1.807) is 5.57 Å². The SMILES string of the molecule is CCC1(O)CC[C@@]2(C)C(CCC3C2CC[C@]2(C)C(c4cccnc4)=CCC32)C1. The molecule has 4 aliphatic carbocycles. The van der Waals surface area contributed by atoms with Crippen molar-refractivity contribution in [2.75, 3.05) is 0 Å². The van der Waals surface area contributed by atoms with E-state index in [1.165, 1.54) is 44.1 Å². The highest BCUT2D eigenvalue weighted by atomic mass is 16.3. The molecule has 1 aromatic heterocycles. The Balaban J connectivity index is 1.42. The number of fused-ring (bicyclic) bond motifs is 5. The van der Waals surface area contributed by atoms with Crippen LogP contribution >= 0.6 is 0 Å². The maximum Gasteiger partial charge on any atom is 0.0648 e. The molecule has 152 valence electrons. The maximum atomic E-state index is 11.0. The molecule has 0 spiro atoms. The molecular weight excluding hydrogens is 342 g/mol. The lowest BCUT2D eigenvalue weighted by molar-refractivity contribution is -0.144. The fourth-order valence-electron chi connectivity index (χ4n) is 8.18. The molecule has 28 heavy (non-hydrogen) atoms. The molecule has 0 aliphatic heterocycles. The second-order valence-electron chi connectivity index (χ2n) is 11.0. The van der Waals surface area contributed by atoms with Gasteiger partial charge >= 0.3 is 0 Å². The van der Waals surface area contributed by atoms with Crippen LogP contribution in [0.4, 0.5) is 0 Å². The van der Waals surface area contributed by atoms with E-state index in [-0.39, 0.29) is 5.60 Å². The fraction of sp³-hybridized carbons (Fsp3) is 0.731. The van der Waals surface area contributed by atoms with Gasteiger partial charge in [-0.05, 0) is 109 Å². The number of hydrogen-bond acceptors (Lipinski definition) is 2. The largest absolute Gasteiger partial charge is 0.390 e. The Morgan fingerprint density at radius 2 is 1.96 bits per heavy atom. The van der Waals surface area contributed by atoms with Gasteiger partial charge in [-0.15, -0.1) is 0 Å². The summed E-state index contributed by atoms with van der Waals surface area (Å²) >= 11 is 0. The van der Waals surface area contributed by atoms with Crippen molar-refractivity contribution in [2.24, 2.45) is 34.5 Å². The topological polar surface area (TPSA) is 33.1 Å². The predicted octanol–water partition coefficient (Wildman–Crippen LogP) is 6.26. The van der Waals surface area contributed by atoms with Gasteiger partial charge in [0.2, 0.25) is 0 Å². The zero-order chi connectivity index (χ0) is 19.6. The summed E-state index contributed by atoms with van der Waals surface area (Å²) in [6.07, 6.45) is 17.4. The molecule has 2 nitrogen and oxygen atoms in total. The molecule has 0 bridgehead atoms. The van der Waals surface area contributed by atoms with Crippen LogP contribution < -0.4 is 0 Å². The molecule has 7 atom stereocenters. The van der Waals surface area contributed by atoms with Crippen molar-refractivity contribution in [3.05, 3.63) is 36.2 Å². The smallest absolute Gasteiger partial charge is 0.0648 e. The number of hydrogen-bond donors (Lipinski definition) is 1. The van der Waals surface area contributed by atoms with Gasteiger partial charge in [-0.3, -0.25) is 4.98 Å². The first-order valence-corrected chi connectivity index (χ1v) is 11.7. The summed E-state index contributed by atoms with van der Waals surface area (Å²) in [7, 11) is 0. The van der Waals surface area contributed by atoms with E-state index in [0.29, 0.717) is 10.8 Å². The normalized spacial score (nSPS) is 47.6. The van der Waals surface area contributed by atoms with Gasteiger partial charge in [0.1, 0.15) is 0 Å². The van der Waals surface area contributed by atoms with Crippen LogP contribution in [0, 0.1) is 34.5 Å². The van der Waals surface area contributed by atoms with Crippen molar-refractivity contribution in [1.82, 2.24) is 4.98 Å². The molecule has 4 aliphatic rings. The van der Waals surface area contributed by atoms with Gasteiger partial charge in [0.05, 0.1) is 5.60 Å². The van der Waals surface area contributed by atoms with Crippen molar-refractivity contribution >= 4 is 5.57 Å². The van der Waals surface area contributed by atoms with E-state index in [1.807, 2.05) is 6.20 Å². The molecule has 1 N–H and O–H groups in total. The van der Waals surface area contributed by atoms with Crippen molar-refractivity contribution in [3.63, 3.8) is 0 Å². The molecule has 0 amide bonds. The molecule has 0 radical (unpaired) electrons. The summed E-state index contributed by atoms with van der Waals surface area (Å²) in [6.45, 7) is 7.31. The minimum absolute atomic E-state index is 0.326. The molecule has 3 saturated carbocycles. The summed E-state index contributed by atoms with van der Waals surface area (Å²) < 4.78 is 0. The fourth-order valence-corrected chi connectivity index (χ4v) is 8.18. The average Bonchev–Trinajstić information content (AvgIpc) is 3.06. The van der Waals surface area contributed by atoms with E-state index in [0.717, 1.165) is 42.9 Å². The molecule has 5 rings (SSSR count). The quantitative estimate of drug-likeness (QED) is 0.658. The highest BCUT2D eigenvalue weighted by Crippen LogP contribution is 2.68. The van der Waals surface area contributed by atoms with Crippen LogP contribution in [-0.2, 0) is 0 Å². The summed E-state index contributed by atoms with van der Waals surface area (Å²) in [5, 5.41) is 11.0. The number of allylic oxidation sites excluding steroid dienone is 2. The molecule has 3 fully saturated rings. The Bertz CT molecular complexity index is 772. The number of pyridine rings is 1. The van der Waals surface area contributed by atoms with Crippen LogP contribution in [0.15, 0.2) is 30.6 Å². The lowest BCUT2D eigenvalue weighted by Gasteiger charge is -2.62. The van der Waals surface area contributed by atoms with E-state index < -0.39 is 0 Å². The van der Waals surface area contributed by atoms with Crippen molar-refractivity contribution < 1.29 is 5.11 Å². The monoisotopic (exact) mass is 379 g/mol. The molecular formula is C26H37NO. The summed E-state index contributed by atoms with van der Waals surface area (Å²) in [4.78, 5) is 4.40. The molecule has 1 aromatic rings. The molecule has 0 saturated heterocycles. The van der Waals surface area contributed by atoms with Gasteiger partial charge in [-0.2, -0.15) is 0 Å². The lowest BCUT2D eigenvalue weighted by Crippen LogP contribution is -2.55. The van der Waals surface area contributed by atoms with Crippen molar-refractivity contribution in [2.45, 2.75) is 84.2 Å². The summed E-state index contributed by atoms with van der Waals surface area (Å²) in [5.41, 5.74) is 3.30. The van der Waals surface area contributed by atoms with Crippen molar-refractivity contribution in [1.29, 1.82) is 0 Å². The van der Waals surface area contributed by atoms with Crippen LogP contribution in [0.5, 0.6) is 0 Å². The minimum atomic E-state index is -0.386. The molecule has 0 aromatic carbocycles. The second-order valence-corrected chi connectivity index (χ2v) is 11.0. The van der Waals surface area contributed by atoms with Gasteiger partial charge in [0, 0.05) is 12.4 Å². The Morgan fingerprint density at radius 1 is 1.11 bits per heavy atom. The van der Waals surface area contributed by atoms with E-state index in [9.17, 15) is 5.11 Å². The third kappa shape index (κ3) is 2.59. The van der Waals surface area contributed by atoms with Gasteiger partial charge in [-0.25, -0.2) is 0 Å². The molecule has 1 heterocycles. The summed E-state index contributed by atoms with van der Waals surface area (Å²) in [6, 6.07) is 4.34. The lowest BCUT2D eigenvalue weighted by atomic mass is 9.43. The Hall–Kier alpha value is -1.15. The van der Waals surface area contributed by atoms with Crippen LogP contribution in [0.3, 0.4) is 0 Å². The highest BCUT2D eigenvalue weighted by Gasteiger charge is 2.59. The van der Waals surface area contributed by atoms with E-state index >= 15 is 0 Å². The van der Waals surface area contributed by atoms with E-state index in [2.05, 4.69) is 50.2 Å². The van der Waals surface area contributed by atoms with Gasteiger partial charge in [0.25, 0.3) is 0 Å². The second kappa shape index (κ2) is 6.42. The standard InChI is InChI=1S/C26H37NO/c1-4-26(28)14-13-24(2)19(16-26)7-8-20-22-10-9-21(18-6-5-15-27-17-18)25(22,3)12-11-23(20)24/h5-6,9,15,17,19-20,22-23,28H,4,7-8,10-14,16H2,1-3H3/t19?,20?,22?,23?,24-,25+,26?/m0/s1. The number of nitrogens with zero attached hydrogens (tertiary/aromatic N) is 1. The van der Waals surface area contributed by atoms with Crippen LogP contribution in [-0.4, -0.2) is 15.7 Å². The first-order valence-electron chi connectivity index (χ1n) is 11.7. The van der Waals surface area contributed by atoms with Gasteiger partial charge in [-0.1, -0.05) is 32.9 Å². The third-order valence-electron chi connectivity index (χ3n) is 10.0. The number of rotatable bonds is 2. The molecule has 2 heteroatoms. The number of aromatic nitrogens is 1. The first-order chi connectivity index (χ1) is 13.4. The Kier molecular flexibility index (Phi) is 4.32. The highest BCUT2D eigenvalue weighted by molar-refractivity contribution is 5.72. The zero-order valence-electron chi connectivity index (χ0n) is 18.0. The van der Waals surface area contributed by atoms with Gasteiger partial charge < -0.3 is 5.11 Å². The zero-order valence-corrected chi connectivity index (χ0v) is 18.0. The van der Waals surface area contributed by atoms with E-state index in [4.69, 9.17) is 0 Å². The van der Waals surface area contributed by atoms with Gasteiger partial charge in [0.15, 0.2) is 0 Å². The van der Waals surface area contributed by atoms with Crippen LogP contribution in [0.2, 0.25) is 0 Å². The maximum absolute atomic E-state index is 11.0. The average molecular weight is 380 g/mol.